The summed E-state index contributed by atoms with van der Waals surface area (Å²) in [6.07, 6.45) is 5.04. The Balaban J connectivity index is 0.00000208. The molecule has 0 radical (unpaired) electrons. The summed E-state index contributed by atoms with van der Waals surface area (Å²) in [5.74, 6) is 0.369. The van der Waals surface area contributed by atoms with Crippen LogP contribution in [-0.4, -0.2) is 33.5 Å². The molecule has 2 fully saturated rings. The Hall–Kier alpha value is -1.15. The highest BCUT2D eigenvalue weighted by molar-refractivity contribution is 7.89. The second-order valence-corrected chi connectivity index (χ2v) is 8.35. The standard InChI is InChI=1S/C16H23N3O3S.ClH/c1-17-23(21,22)15-4-2-3-12(10-15)19-16(20)9-11-7-13-5-6-14(8-11)18-13;/h2-4,10-11,13-14,17-18H,5-9H2,1H3,(H,19,20);1H. The molecule has 0 aromatic heterocycles. The summed E-state index contributed by atoms with van der Waals surface area (Å²) in [6.45, 7) is 0. The highest BCUT2D eigenvalue weighted by Crippen LogP contribution is 2.32. The smallest absolute Gasteiger partial charge is 0.240 e. The lowest BCUT2D eigenvalue weighted by Crippen LogP contribution is -2.39. The van der Waals surface area contributed by atoms with E-state index in [4.69, 9.17) is 0 Å². The van der Waals surface area contributed by atoms with Crippen molar-refractivity contribution in [2.24, 2.45) is 5.92 Å². The fourth-order valence-corrected chi connectivity index (χ4v) is 4.45. The number of piperidine rings is 1. The topological polar surface area (TPSA) is 87.3 Å². The van der Waals surface area contributed by atoms with Crippen LogP contribution < -0.4 is 15.4 Å². The van der Waals surface area contributed by atoms with Gasteiger partial charge in [0, 0.05) is 24.2 Å². The summed E-state index contributed by atoms with van der Waals surface area (Å²) in [6, 6.07) is 7.46. The number of fused-ring (bicyclic) bond motifs is 2. The summed E-state index contributed by atoms with van der Waals surface area (Å²) in [5.41, 5.74) is 0.517. The fraction of sp³-hybridized carbons (Fsp3) is 0.562. The van der Waals surface area contributed by atoms with Crippen molar-refractivity contribution in [3.05, 3.63) is 24.3 Å². The van der Waals surface area contributed by atoms with Crippen molar-refractivity contribution in [2.45, 2.75) is 49.1 Å². The van der Waals surface area contributed by atoms with Gasteiger partial charge >= 0.3 is 0 Å². The minimum atomic E-state index is -3.50. The maximum atomic E-state index is 12.2. The fourth-order valence-electron chi connectivity index (χ4n) is 3.67. The van der Waals surface area contributed by atoms with E-state index in [1.807, 2.05) is 0 Å². The number of sulfonamides is 1. The zero-order valence-corrected chi connectivity index (χ0v) is 15.3. The van der Waals surface area contributed by atoms with Crippen molar-refractivity contribution in [1.82, 2.24) is 10.0 Å². The Bertz CT molecular complexity index is 684. The van der Waals surface area contributed by atoms with Crippen LogP contribution in [0.25, 0.3) is 0 Å². The number of carbonyl (C=O) groups excluding carboxylic acids is 1. The van der Waals surface area contributed by atoms with E-state index in [-0.39, 0.29) is 23.2 Å². The van der Waals surface area contributed by atoms with Gasteiger partial charge in [-0.3, -0.25) is 4.79 Å². The van der Waals surface area contributed by atoms with Gasteiger partial charge in [-0.2, -0.15) is 0 Å². The molecule has 24 heavy (non-hydrogen) atoms. The third-order valence-corrected chi connectivity index (χ3v) is 6.15. The Labute approximate surface area is 149 Å². The summed E-state index contributed by atoms with van der Waals surface area (Å²) >= 11 is 0. The molecule has 0 spiro atoms. The van der Waals surface area contributed by atoms with E-state index in [0.717, 1.165) is 12.8 Å². The van der Waals surface area contributed by atoms with Crippen LogP contribution in [0.4, 0.5) is 5.69 Å². The molecular weight excluding hydrogens is 350 g/mol. The van der Waals surface area contributed by atoms with E-state index >= 15 is 0 Å². The molecule has 2 saturated heterocycles. The van der Waals surface area contributed by atoms with Crippen LogP contribution in [0, 0.1) is 5.92 Å². The van der Waals surface area contributed by atoms with Gasteiger partial charge in [0.05, 0.1) is 4.90 Å². The van der Waals surface area contributed by atoms with E-state index in [9.17, 15) is 13.2 Å². The van der Waals surface area contributed by atoms with E-state index in [2.05, 4.69) is 15.4 Å². The SMILES string of the molecule is CNS(=O)(=O)c1cccc(NC(=O)CC2CC3CCC(C2)N3)c1.Cl. The van der Waals surface area contributed by atoms with Gasteiger partial charge in [0.25, 0.3) is 0 Å². The molecule has 2 unspecified atom stereocenters. The Morgan fingerprint density at radius 2 is 1.92 bits per heavy atom. The number of hydrogen-bond donors (Lipinski definition) is 3. The summed E-state index contributed by atoms with van der Waals surface area (Å²) in [4.78, 5) is 12.4. The van der Waals surface area contributed by atoms with Crippen LogP contribution >= 0.6 is 12.4 Å². The first kappa shape index (κ1) is 19.2. The van der Waals surface area contributed by atoms with Crippen LogP contribution in [0.15, 0.2) is 29.2 Å². The lowest BCUT2D eigenvalue weighted by molar-refractivity contribution is -0.117. The number of hydrogen-bond acceptors (Lipinski definition) is 4. The molecule has 2 atom stereocenters. The average Bonchev–Trinajstić information content (AvgIpc) is 2.86. The normalized spacial score (nSPS) is 25.8. The van der Waals surface area contributed by atoms with Crippen molar-refractivity contribution < 1.29 is 13.2 Å². The first-order valence-electron chi connectivity index (χ1n) is 8.06. The molecule has 2 aliphatic heterocycles. The van der Waals surface area contributed by atoms with Crippen LogP contribution in [0.5, 0.6) is 0 Å². The Morgan fingerprint density at radius 3 is 2.54 bits per heavy atom. The molecule has 6 nitrogen and oxygen atoms in total. The number of benzene rings is 1. The first-order valence-corrected chi connectivity index (χ1v) is 9.54. The number of amides is 1. The molecule has 2 bridgehead atoms. The van der Waals surface area contributed by atoms with Crippen LogP contribution in [0.2, 0.25) is 0 Å². The van der Waals surface area contributed by atoms with Crippen LogP contribution in [-0.2, 0) is 14.8 Å². The quantitative estimate of drug-likeness (QED) is 0.735. The minimum Gasteiger partial charge on any atom is -0.326 e. The zero-order chi connectivity index (χ0) is 16.4. The van der Waals surface area contributed by atoms with Gasteiger partial charge in [0.1, 0.15) is 0 Å². The van der Waals surface area contributed by atoms with Crippen molar-refractivity contribution in [1.29, 1.82) is 0 Å². The van der Waals surface area contributed by atoms with Crippen molar-refractivity contribution >= 4 is 34.0 Å². The van der Waals surface area contributed by atoms with Crippen molar-refractivity contribution in [3.63, 3.8) is 0 Å². The molecule has 0 saturated carbocycles. The number of carbonyl (C=O) groups is 1. The van der Waals surface area contributed by atoms with Gasteiger partial charge in [-0.15, -0.1) is 12.4 Å². The number of nitrogens with one attached hydrogen (secondary N) is 3. The molecule has 2 aliphatic rings. The van der Waals surface area contributed by atoms with Gasteiger partial charge in [-0.25, -0.2) is 13.1 Å². The van der Waals surface area contributed by atoms with Gasteiger partial charge < -0.3 is 10.6 Å². The van der Waals surface area contributed by atoms with Crippen molar-refractivity contribution in [2.75, 3.05) is 12.4 Å². The monoisotopic (exact) mass is 373 g/mol. The molecule has 1 amide bonds. The number of halogens is 1. The maximum Gasteiger partial charge on any atom is 0.240 e. The predicted octanol–water partition coefficient (Wildman–Crippen LogP) is 1.88. The van der Waals surface area contributed by atoms with E-state index < -0.39 is 10.0 Å². The third-order valence-electron chi connectivity index (χ3n) is 4.74. The molecule has 0 aliphatic carbocycles. The Morgan fingerprint density at radius 1 is 1.25 bits per heavy atom. The molecular formula is C16H24ClN3O3S. The molecule has 3 N–H and O–H groups in total. The predicted molar refractivity (Wildman–Crippen MR) is 95.9 cm³/mol. The molecule has 1 aromatic carbocycles. The van der Waals surface area contributed by atoms with Gasteiger partial charge in [-0.1, -0.05) is 6.07 Å². The highest BCUT2D eigenvalue weighted by atomic mass is 35.5. The lowest BCUT2D eigenvalue weighted by atomic mass is 9.89. The second kappa shape index (κ2) is 7.82. The maximum absolute atomic E-state index is 12.2. The first-order chi connectivity index (χ1) is 11.0. The average molecular weight is 374 g/mol. The lowest BCUT2D eigenvalue weighted by Gasteiger charge is -2.28. The molecule has 134 valence electrons. The van der Waals surface area contributed by atoms with Crippen molar-refractivity contribution in [3.8, 4) is 0 Å². The summed E-state index contributed by atoms with van der Waals surface area (Å²) < 4.78 is 25.9. The summed E-state index contributed by atoms with van der Waals surface area (Å²) in [7, 11) is -2.13. The molecule has 3 rings (SSSR count). The molecule has 8 heteroatoms. The van der Waals surface area contributed by atoms with Crippen LogP contribution in [0.3, 0.4) is 0 Å². The third kappa shape index (κ3) is 4.47. The molecule has 2 heterocycles. The largest absolute Gasteiger partial charge is 0.326 e. The Kier molecular flexibility index (Phi) is 6.25. The van der Waals surface area contributed by atoms with Gasteiger partial charge in [0.2, 0.25) is 15.9 Å². The van der Waals surface area contributed by atoms with E-state index in [1.165, 1.54) is 32.0 Å². The minimum absolute atomic E-state index is 0. The second-order valence-electron chi connectivity index (χ2n) is 6.46. The summed E-state index contributed by atoms with van der Waals surface area (Å²) in [5, 5.41) is 6.39. The number of anilines is 1. The zero-order valence-electron chi connectivity index (χ0n) is 13.6. The highest BCUT2D eigenvalue weighted by Gasteiger charge is 2.34. The molecule has 1 aromatic rings. The number of rotatable bonds is 5. The van der Waals surface area contributed by atoms with E-state index in [0.29, 0.717) is 30.1 Å². The van der Waals surface area contributed by atoms with Gasteiger partial charge in [0.15, 0.2) is 0 Å². The van der Waals surface area contributed by atoms with Crippen LogP contribution in [0.1, 0.15) is 32.1 Å². The van der Waals surface area contributed by atoms with Gasteiger partial charge in [-0.05, 0) is 56.8 Å². The van der Waals surface area contributed by atoms with E-state index in [1.54, 1.807) is 12.1 Å².